The van der Waals surface area contributed by atoms with Crippen LogP contribution in [0.5, 0.6) is 11.5 Å². The van der Waals surface area contributed by atoms with Crippen LogP contribution in [0.2, 0.25) is 0 Å². The van der Waals surface area contributed by atoms with Gasteiger partial charge in [0.15, 0.2) is 5.01 Å². The van der Waals surface area contributed by atoms with Gasteiger partial charge in [-0.05, 0) is 24.1 Å². The Morgan fingerprint density at radius 3 is 2.49 bits per heavy atom. The van der Waals surface area contributed by atoms with Gasteiger partial charge in [-0.1, -0.05) is 5.92 Å². The summed E-state index contributed by atoms with van der Waals surface area (Å²) in [5, 5.41) is 6.93. The molecule has 0 aliphatic heterocycles. The number of hydrogen-bond donors (Lipinski definition) is 0. The molecule has 0 fully saturated rings. The molecule has 0 radical (unpaired) electrons. The van der Waals surface area contributed by atoms with Crippen LogP contribution in [0.25, 0.3) is 22.3 Å². The summed E-state index contributed by atoms with van der Waals surface area (Å²) in [5.41, 5.74) is 5.05. The van der Waals surface area contributed by atoms with Crippen LogP contribution in [0.1, 0.15) is 5.01 Å². The van der Waals surface area contributed by atoms with Gasteiger partial charge in [-0.15, -0.1) is 11.3 Å². The summed E-state index contributed by atoms with van der Waals surface area (Å²) in [6.45, 7) is 0.428. The Balaban J connectivity index is 1.58. The van der Waals surface area contributed by atoms with Gasteiger partial charge < -0.3 is 14.4 Å². The average molecular weight is 483 g/mol. The van der Waals surface area contributed by atoms with Crippen molar-refractivity contribution in [2.45, 2.75) is 0 Å². The number of nitrogens with zero attached hydrogens (tertiary/aromatic N) is 6. The van der Waals surface area contributed by atoms with Crippen molar-refractivity contribution in [2.24, 2.45) is 7.05 Å². The fraction of sp³-hybridized carbons (Fsp3) is 0.154. The van der Waals surface area contributed by atoms with E-state index in [1.807, 2.05) is 55.0 Å². The maximum absolute atomic E-state index is 5.50. The summed E-state index contributed by atoms with van der Waals surface area (Å²) in [7, 11) is 5.15. The summed E-state index contributed by atoms with van der Waals surface area (Å²) in [6, 6.07) is 11.7. The van der Waals surface area contributed by atoms with Crippen molar-refractivity contribution in [1.82, 2.24) is 24.7 Å². The Hall–Kier alpha value is -4.42. The highest BCUT2D eigenvalue weighted by atomic mass is 32.1. The van der Waals surface area contributed by atoms with Crippen LogP contribution in [-0.2, 0) is 7.05 Å². The van der Waals surface area contributed by atoms with Gasteiger partial charge >= 0.3 is 0 Å². The van der Waals surface area contributed by atoms with E-state index in [0.29, 0.717) is 18.0 Å². The first-order valence-corrected chi connectivity index (χ1v) is 11.7. The van der Waals surface area contributed by atoms with Crippen molar-refractivity contribution < 1.29 is 9.47 Å². The summed E-state index contributed by atoms with van der Waals surface area (Å²) >= 11 is 1.51. The van der Waals surface area contributed by atoms with Gasteiger partial charge in [0.2, 0.25) is 0 Å². The number of aromatic nitrogens is 5. The molecule has 0 saturated heterocycles. The second-order valence-electron chi connectivity index (χ2n) is 7.63. The van der Waals surface area contributed by atoms with Gasteiger partial charge in [0, 0.05) is 60.0 Å². The molecule has 0 N–H and O–H groups in total. The lowest BCUT2D eigenvalue weighted by Gasteiger charge is -2.24. The van der Waals surface area contributed by atoms with Crippen molar-refractivity contribution in [3.05, 3.63) is 71.6 Å². The SMILES string of the molecule is COc1cc(OC)cc(N(CC#Cc2nccs2)c2ccc3ncc(-c4cnn(C)c4)nc3c2)c1. The number of anilines is 2. The van der Waals surface area contributed by atoms with E-state index in [1.54, 1.807) is 37.5 Å². The van der Waals surface area contributed by atoms with Gasteiger partial charge in [-0.2, -0.15) is 5.10 Å². The molecule has 0 amide bonds. The fourth-order valence-corrected chi connectivity index (χ4v) is 4.12. The van der Waals surface area contributed by atoms with Crippen molar-refractivity contribution in [3.8, 4) is 34.6 Å². The number of ether oxygens (including phenoxy) is 2. The maximum Gasteiger partial charge on any atom is 0.166 e. The van der Waals surface area contributed by atoms with Crippen LogP contribution in [0.4, 0.5) is 11.4 Å². The van der Waals surface area contributed by atoms with E-state index in [-0.39, 0.29) is 0 Å². The van der Waals surface area contributed by atoms with Crippen LogP contribution < -0.4 is 14.4 Å². The Labute approximate surface area is 206 Å². The van der Waals surface area contributed by atoms with Gasteiger partial charge in [-0.25, -0.2) is 9.97 Å². The smallest absolute Gasteiger partial charge is 0.166 e. The highest BCUT2D eigenvalue weighted by molar-refractivity contribution is 7.10. The van der Waals surface area contributed by atoms with Crippen molar-refractivity contribution in [1.29, 1.82) is 0 Å². The molecule has 5 aromatic rings. The summed E-state index contributed by atoms with van der Waals surface area (Å²) in [6.07, 6.45) is 7.22. The number of hydrogen-bond acceptors (Lipinski definition) is 8. The summed E-state index contributed by atoms with van der Waals surface area (Å²) < 4.78 is 12.8. The van der Waals surface area contributed by atoms with Gasteiger partial charge in [-0.3, -0.25) is 9.67 Å². The van der Waals surface area contributed by atoms with Crippen molar-refractivity contribution >= 4 is 33.7 Å². The average Bonchev–Trinajstić information content (AvgIpc) is 3.57. The Morgan fingerprint density at radius 1 is 0.971 bits per heavy atom. The lowest BCUT2D eigenvalue weighted by atomic mass is 10.2. The molecule has 0 saturated carbocycles. The van der Waals surface area contributed by atoms with E-state index >= 15 is 0 Å². The number of aryl methyl sites for hydroxylation is 1. The number of benzene rings is 2. The molecule has 5 rings (SSSR count). The summed E-state index contributed by atoms with van der Waals surface area (Å²) in [4.78, 5) is 15.8. The Kier molecular flexibility index (Phi) is 6.28. The third-order valence-corrected chi connectivity index (χ3v) is 6.04. The monoisotopic (exact) mass is 482 g/mol. The van der Waals surface area contributed by atoms with E-state index in [0.717, 1.165) is 38.7 Å². The highest BCUT2D eigenvalue weighted by Gasteiger charge is 2.14. The largest absolute Gasteiger partial charge is 0.497 e. The molecule has 0 aliphatic carbocycles. The quantitative estimate of drug-likeness (QED) is 0.325. The minimum Gasteiger partial charge on any atom is -0.497 e. The normalized spacial score (nSPS) is 10.6. The predicted molar refractivity (Wildman–Crippen MR) is 137 cm³/mol. The number of rotatable bonds is 6. The zero-order valence-electron chi connectivity index (χ0n) is 19.5. The molecule has 0 spiro atoms. The molecule has 0 unspecified atom stereocenters. The molecular weight excluding hydrogens is 460 g/mol. The lowest BCUT2D eigenvalue weighted by Crippen LogP contribution is -2.17. The van der Waals surface area contributed by atoms with E-state index in [4.69, 9.17) is 14.5 Å². The zero-order chi connectivity index (χ0) is 24.2. The van der Waals surface area contributed by atoms with Crippen LogP contribution in [-0.4, -0.2) is 45.5 Å². The molecule has 9 heteroatoms. The van der Waals surface area contributed by atoms with E-state index in [9.17, 15) is 0 Å². The third kappa shape index (κ3) is 4.93. The molecular formula is C26H22N6O2S. The first-order valence-electron chi connectivity index (χ1n) is 10.8. The van der Waals surface area contributed by atoms with E-state index in [1.165, 1.54) is 11.3 Å². The minimum absolute atomic E-state index is 0.428. The minimum atomic E-state index is 0.428. The number of methoxy groups -OCH3 is 2. The Morgan fingerprint density at radius 2 is 1.80 bits per heavy atom. The first kappa shape index (κ1) is 22.4. The van der Waals surface area contributed by atoms with Gasteiger partial charge in [0.25, 0.3) is 0 Å². The fourth-order valence-electron chi connectivity index (χ4n) is 3.62. The topological polar surface area (TPSA) is 78.2 Å². The molecule has 0 bridgehead atoms. The number of thiazole rings is 1. The van der Waals surface area contributed by atoms with E-state index < -0.39 is 0 Å². The van der Waals surface area contributed by atoms with Crippen molar-refractivity contribution in [2.75, 3.05) is 25.7 Å². The molecule has 8 nitrogen and oxygen atoms in total. The third-order valence-electron chi connectivity index (χ3n) is 5.35. The lowest BCUT2D eigenvalue weighted by molar-refractivity contribution is 0.394. The molecule has 3 aromatic heterocycles. The van der Waals surface area contributed by atoms with Crippen LogP contribution >= 0.6 is 11.3 Å². The van der Waals surface area contributed by atoms with Gasteiger partial charge in [0.05, 0.1) is 49.9 Å². The number of fused-ring (bicyclic) bond motifs is 1. The van der Waals surface area contributed by atoms with Crippen LogP contribution in [0.15, 0.2) is 66.6 Å². The Bertz CT molecular complexity index is 1510. The molecule has 35 heavy (non-hydrogen) atoms. The first-order chi connectivity index (χ1) is 17.1. The molecule has 0 aliphatic rings. The van der Waals surface area contributed by atoms with Crippen molar-refractivity contribution in [3.63, 3.8) is 0 Å². The molecule has 0 atom stereocenters. The zero-order valence-corrected chi connectivity index (χ0v) is 20.3. The molecule has 174 valence electrons. The van der Waals surface area contributed by atoms with Crippen LogP contribution in [0, 0.1) is 11.8 Å². The predicted octanol–water partition coefficient (Wildman–Crippen LogP) is 4.69. The second kappa shape index (κ2) is 9.83. The summed E-state index contributed by atoms with van der Waals surface area (Å²) in [5.74, 6) is 7.76. The molecule has 2 aromatic carbocycles. The maximum atomic E-state index is 5.50. The second-order valence-corrected chi connectivity index (χ2v) is 8.52. The van der Waals surface area contributed by atoms with E-state index in [2.05, 4.69) is 31.8 Å². The van der Waals surface area contributed by atoms with Crippen LogP contribution in [0.3, 0.4) is 0 Å². The molecule has 3 heterocycles. The van der Waals surface area contributed by atoms with Gasteiger partial charge in [0.1, 0.15) is 11.5 Å². The standard InChI is InChI=1S/C26H22N6O2S/c1-31-17-18(15-29-31)25-16-28-23-7-6-19(13-24(23)30-25)32(9-4-5-26-27-8-10-35-26)20-11-21(33-2)14-22(12-20)34-3/h6-8,10-17H,9H2,1-3H3. The highest BCUT2D eigenvalue weighted by Crippen LogP contribution is 2.34.